The maximum atomic E-state index is 11.8. The highest BCUT2D eigenvalue weighted by Gasteiger charge is 2.15. The lowest BCUT2D eigenvalue weighted by molar-refractivity contribution is -0.127. The van der Waals surface area contributed by atoms with Crippen LogP contribution in [0.25, 0.3) is 0 Å². The van der Waals surface area contributed by atoms with E-state index in [1.54, 1.807) is 25.1 Å². The number of anilines is 1. The van der Waals surface area contributed by atoms with E-state index in [1.807, 2.05) is 11.2 Å². The van der Waals surface area contributed by atoms with Gasteiger partial charge in [-0.15, -0.1) is 0 Å². The molecule has 0 saturated heterocycles. The number of rotatable bonds is 6. The number of likely N-dealkylation sites (N-methyl/N-ethyl adjacent to an activating group) is 1. The van der Waals surface area contributed by atoms with Crippen LogP contribution in [0.3, 0.4) is 0 Å². The summed E-state index contributed by atoms with van der Waals surface area (Å²) in [4.78, 5) is 23.9. The SMILES string of the molecule is CCCN(CC(=O)N(C)C)c1cc(Cl)nc(SC)n1. The van der Waals surface area contributed by atoms with Crippen molar-refractivity contribution < 1.29 is 4.79 Å². The fourth-order valence-corrected chi connectivity index (χ4v) is 2.09. The average Bonchev–Trinajstić information content (AvgIpc) is 2.37. The number of carbonyl (C=O) groups is 1. The number of thioether (sulfide) groups is 1. The van der Waals surface area contributed by atoms with Crippen molar-refractivity contribution in [1.82, 2.24) is 14.9 Å². The summed E-state index contributed by atoms with van der Waals surface area (Å²) in [5, 5.41) is 1.01. The summed E-state index contributed by atoms with van der Waals surface area (Å²) in [7, 11) is 3.49. The van der Waals surface area contributed by atoms with Crippen molar-refractivity contribution in [2.75, 3.05) is 38.3 Å². The van der Waals surface area contributed by atoms with E-state index in [0.29, 0.717) is 22.7 Å². The maximum Gasteiger partial charge on any atom is 0.241 e. The number of hydrogen-bond donors (Lipinski definition) is 0. The zero-order chi connectivity index (χ0) is 14.4. The third-order valence-electron chi connectivity index (χ3n) is 2.49. The molecule has 0 N–H and O–H groups in total. The molecule has 7 heteroatoms. The van der Waals surface area contributed by atoms with E-state index in [0.717, 1.165) is 13.0 Å². The number of halogens is 1. The Kier molecular flexibility index (Phi) is 6.37. The summed E-state index contributed by atoms with van der Waals surface area (Å²) >= 11 is 7.41. The van der Waals surface area contributed by atoms with Gasteiger partial charge >= 0.3 is 0 Å². The summed E-state index contributed by atoms with van der Waals surface area (Å²) in [6.07, 6.45) is 2.82. The van der Waals surface area contributed by atoms with E-state index in [-0.39, 0.29) is 5.91 Å². The van der Waals surface area contributed by atoms with Gasteiger partial charge in [0, 0.05) is 26.7 Å². The van der Waals surface area contributed by atoms with Crippen molar-refractivity contribution in [3.63, 3.8) is 0 Å². The second kappa shape index (κ2) is 7.55. The monoisotopic (exact) mass is 302 g/mol. The Balaban J connectivity index is 2.97. The van der Waals surface area contributed by atoms with Gasteiger partial charge in [0.1, 0.15) is 11.0 Å². The lowest BCUT2D eigenvalue weighted by Crippen LogP contribution is -2.37. The summed E-state index contributed by atoms with van der Waals surface area (Å²) < 4.78 is 0. The van der Waals surface area contributed by atoms with Crippen LogP contribution >= 0.6 is 23.4 Å². The lowest BCUT2D eigenvalue weighted by Gasteiger charge is -2.24. The molecule has 1 heterocycles. The van der Waals surface area contributed by atoms with Crippen LogP contribution in [-0.4, -0.2) is 54.2 Å². The Bertz CT molecular complexity index is 442. The van der Waals surface area contributed by atoms with Crippen molar-refractivity contribution in [1.29, 1.82) is 0 Å². The van der Waals surface area contributed by atoms with Crippen molar-refractivity contribution >= 4 is 35.1 Å². The number of aromatic nitrogens is 2. The van der Waals surface area contributed by atoms with E-state index in [1.165, 1.54) is 11.8 Å². The van der Waals surface area contributed by atoms with Crippen LogP contribution in [0.15, 0.2) is 11.2 Å². The molecule has 0 saturated carbocycles. The van der Waals surface area contributed by atoms with Crippen molar-refractivity contribution in [3.05, 3.63) is 11.2 Å². The van der Waals surface area contributed by atoms with Crippen molar-refractivity contribution in [2.24, 2.45) is 0 Å². The van der Waals surface area contributed by atoms with Gasteiger partial charge in [0.05, 0.1) is 6.54 Å². The van der Waals surface area contributed by atoms with Crippen LogP contribution in [0.2, 0.25) is 5.15 Å². The molecule has 0 atom stereocenters. The average molecular weight is 303 g/mol. The van der Waals surface area contributed by atoms with Crippen LogP contribution in [0.5, 0.6) is 0 Å². The predicted octanol–water partition coefficient (Wildman–Crippen LogP) is 2.16. The molecule has 0 radical (unpaired) electrons. The fraction of sp³-hybridized carbons (Fsp3) is 0.583. The third kappa shape index (κ3) is 4.87. The Morgan fingerprint density at radius 2 is 2.11 bits per heavy atom. The first-order chi connectivity index (χ1) is 8.97. The summed E-state index contributed by atoms with van der Waals surface area (Å²) in [6, 6.07) is 1.69. The molecule has 0 aromatic carbocycles. The first kappa shape index (κ1) is 16.0. The van der Waals surface area contributed by atoms with Gasteiger partial charge in [0.2, 0.25) is 5.91 Å². The van der Waals surface area contributed by atoms with Gasteiger partial charge < -0.3 is 9.80 Å². The Labute approximate surface area is 123 Å². The van der Waals surface area contributed by atoms with Gasteiger partial charge in [-0.2, -0.15) is 0 Å². The van der Waals surface area contributed by atoms with Gasteiger partial charge in [-0.1, -0.05) is 30.3 Å². The van der Waals surface area contributed by atoms with E-state index in [4.69, 9.17) is 11.6 Å². The topological polar surface area (TPSA) is 49.3 Å². The minimum atomic E-state index is 0.0360. The van der Waals surface area contributed by atoms with Crippen LogP contribution in [-0.2, 0) is 4.79 Å². The molecule has 1 rings (SSSR count). The zero-order valence-electron chi connectivity index (χ0n) is 11.7. The van der Waals surface area contributed by atoms with E-state index < -0.39 is 0 Å². The summed E-state index contributed by atoms with van der Waals surface area (Å²) in [5.74, 6) is 0.732. The molecule has 0 fully saturated rings. The maximum absolute atomic E-state index is 11.8. The number of hydrogen-bond acceptors (Lipinski definition) is 5. The molecular weight excluding hydrogens is 284 g/mol. The molecule has 0 aliphatic heterocycles. The van der Waals surface area contributed by atoms with Crippen LogP contribution < -0.4 is 4.90 Å². The Morgan fingerprint density at radius 1 is 1.42 bits per heavy atom. The first-order valence-corrected chi connectivity index (χ1v) is 7.61. The standard InChI is InChI=1S/C12H19ClN4OS/c1-5-6-17(8-11(18)16(2)3)10-7-9(13)14-12(15-10)19-4/h7H,5-6,8H2,1-4H3. The van der Waals surface area contributed by atoms with Gasteiger partial charge in [-0.25, -0.2) is 9.97 Å². The Hall–Kier alpha value is -1.01. The summed E-state index contributed by atoms with van der Waals surface area (Å²) in [5.41, 5.74) is 0. The molecule has 1 aromatic heterocycles. The molecule has 19 heavy (non-hydrogen) atoms. The molecule has 106 valence electrons. The molecule has 0 spiro atoms. The van der Waals surface area contributed by atoms with E-state index in [9.17, 15) is 4.79 Å². The van der Waals surface area contributed by atoms with Crippen LogP contribution in [0.1, 0.15) is 13.3 Å². The highest BCUT2D eigenvalue weighted by Crippen LogP contribution is 2.20. The van der Waals surface area contributed by atoms with Crippen LogP contribution in [0.4, 0.5) is 5.82 Å². The van der Waals surface area contributed by atoms with Gasteiger partial charge in [0.25, 0.3) is 0 Å². The largest absolute Gasteiger partial charge is 0.347 e. The normalized spacial score (nSPS) is 10.4. The number of amides is 1. The minimum absolute atomic E-state index is 0.0360. The fourth-order valence-electron chi connectivity index (χ4n) is 1.49. The molecule has 0 unspecified atom stereocenters. The first-order valence-electron chi connectivity index (χ1n) is 6.01. The highest BCUT2D eigenvalue weighted by molar-refractivity contribution is 7.98. The van der Waals surface area contributed by atoms with Gasteiger partial charge in [0.15, 0.2) is 5.16 Å². The van der Waals surface area contributed by atoms with Gasteiger partial charge in [-0.05, 0) is 12.7 Å². The number of carbonyl (C=O) groups excluding carboxylic acids is 1. The molecule has 0 aliphatic rings. The zero-order valence-corrected chi connectivity index (χ0v) is 13.3. The lowest BCUT2D eigenvalue weighted by atomic mass is 10.3. The second-order valence-corrected chi connectivity index (χ2v) is 5.41. The van der Waals surface area contributed by atoms with E-state index >= 15 is 0 Å². The minimum Gasteiger partial charge on any atom is -0.347 e. The number of nitrogens with zero attached hydrogens (tertiary/aromatic N) is 4. The molecule has 0 aliphatic carbocycles. The Morgan fingerprint density at radius 3 is 2.63 bits per heavy atom. The summed E-state index contributed by atoms with van der Waals surface area (Å²) in [6.45, 7) is 3.11. The molecular formula is C12H19ClN4OS. The molecule has 1 amide bonds. The predicted molar refractivity (Wildman–Crippen MR) is 80.0 cm³/mol. The van der Waals surface area contributed by atoms with E-state index in [2.05, 4.69) is 16.9 Å². The smallest absolute Gasteiger partial charge is 0.241 e. The third-order valence-corrected chi connectivity index (χ3v) is 3.23. The molecule has 1 aromatic rings. The second-order valence-electron chi connectivity index (χ2n) is 4.25. The highest BCUT2D eigenvalue weighted by atomic mass is 35.5. The van der Waals surface area contributed by atoms with Crippen molar-refractivity contribution in [3.8, 4) is 0 Å². The molecule has 5 nitrogen and oxygen atoms in total. The van der Waals surface area contributed by atoms with Gasteiger partial charge in [-0.3, -0.25) is 4.79 Å². The quantitative estimate of drug-likeness (QED) is 0.458. The molecule has 0 bridgehead atoms. The van der Waals surface area contributed by atoms with Crippen LogP contribution in [0, 0.1) is 0 Å². The van der Waals surface area contributed by atoms with Crippen molar-refractivity contribution in [2.45, 2.75) is 18.5 Å².